The number of nitrogens with two attached hydrogens (primary N) is 1. The second-order valence-corrected chi connectivity index (χ2v) is 6.65. The van der Waals surface area contributed by atoms with Gasteiger partial charge in [-0.3, -0.25) is 4.90 Å². The molecule has 0 saturated carbocycles. The minimum absolute atomic E-state index is 0.622. The Balaban J connectivity index is 1.86. The zero-order valence-electron chi connectivity index (χ0n) is 13.1. The fraction of sp³-hybridized carbons (Fsp3) is 0.588. The van der Waals surface area contributed by atoms with Crippen LogP contribution in [-0.4, -0.2) is 34.1 Å². The van der Waals surface area contributed by atoms with Crippen LogP contribution in [0.25, 0.3) is 11.0 Å². The van der Waals surface area contributed by atoms with E-state index in [4.69, 9.17) is 10.7 Å². The fourth-order valence-corrected chi connectivity index (χ4v) is 3.26. The third-order valence-corrected chi connectivity index (χ3v) is 4.35. The molecular formula is C17H26N4. The molecule has 1 atom stereocenters. The Bertz CT molecular complexity index is 602. The van der Waals surface area contributed by atoms with Crippen LogP contribution in [0.2, 0.25) is 0 Å². The number of nitrogens with zero attached hydrogens (tertiary/aromatic N) is 3. The third kappa shape index (κ3) is 3.11. The van der Waals surface area contributed by atoms with Gasteiger partial charge in [0.15, 0.2) is 0 Å². The van der Waals surface area contributed by atoms with E-state index in [1.807, 2.05) is 0 Å². The molecule has 0 unspecified atom stereocenters. The number of likely N-dealkylation sites (tertiary alicyclic amines) is 1. The van der Waals surface area contributed by atoms with Crippen molar-refractivity contribution in [3.8, 4) is 0 Å². The molecule has 1 aliphatic heterocycles. The van der Waals surface area contributed by atoms with Crippen molar-refractivity contribution in [2.75, 3.05) is 19.6 Å². The highest BCUT2D eigenvalue weighted by atomic mass is 15.2. The molecule has 0 bridgehead atoms. The molecule has 1 aliphatic rings. The first kappa shape index (κ1) is 14.5. The van der Waals surface area contributed by atoms with Gasteiger partial charge in [0.25, 0.3) is 0 Å². The van der Waals surface area contributed by atoms with E-state index in [9.17, 15) is 0 Å². The lowest BCUT2D eigenvalue weighted by Gasteiger charge is -2.17. The Hall–Kier alpha value is -1.39. The van der Waals surface area contributed by atoms with E-state index in [1.165, 1.54) is 17.8 Å². The van der Waals surface area contributed by atoms with Crippen LogP contribution >= 0.6 is 0 Å². The van der Waals surface area contributed by atoms with Crippen molar-refractivity contribution < 1.29 is 0 Å². The van der Waals surface area contributed by atoms with Gasteiger partial charge in [-0.05, 0) is 43.5 Å². The molecule has 1 saturated heterocycles. The molecule has 21 heavy (non-hydrogen) atoms. The number of benzene rings is 1. The van der Waals surface area contributed by atoms with Gasteiger partial charge in [0.1, 0.15) is 5.82 Å². The molecule has 114 valence electrons. The highest BCUT2D eigenvalue weighted by Gasteiger charge is 2.23. The van der Waals surface area contributed by atoms with Gasteiger partial charge >= 0.3 is 0 Å². The average molecular weight is 286 g/mol. The molecule has 4 heteroatoms. The smallest absolute Gasteiger partial charge is 0.124 e. The topological polar surface area (TPSA) is 47.1 Å². The lowest BCUT2D eigenvalue weighted by atomic mass is 10.1. The number of imidazole rings is 1. The van der Waals surface area contributed by atoms with Gasteiger partial charge in [-0.25, -0.2) is 4.98 Å². The summed E-state index contributed by atoms with van der Waals surface area (Å²) < 4.78 is 2.40. The predicted molar refractivity (Wildman–Crippen MR) is 87.0 cm³/mol. The van der Waals surface area contributed by atoms with Crippen LogP contribution in [0.5, 0.6) is 0 Å². The SMILES string of the molecule is CC(C)Cn1c(CN2CC[C@H](CN)C2)nc2ccccc21. The highest BCUT2D eigenvalue weighted by Crippen LogP contribution is 2.22. The van der Waals surface area contributed by atoms with E-state index in [-0.39, 0.29) is 0 Å². The van der Waals surface area contributed by atoms with Crippen molar-refractivity contribution in [1.29, 1.82) is 0 Å². The van der Waals surface area contributed by atoms with Crippen LogP contribution < -0.4 is 5.73 Å². The predicted octanol–water partition coefficient (Wildman–Crippen LogP) is 2.47. The first-order chi connectivity index (χ1) is 10.2. The number of rotatable bonds is 5. The summed E-state index contributed by atoms with van der Waals surface area (Å²) in [6, 6.07) is 8.47. The van der Waals surface area contributed by atoms with E-state index in [1.54, 1.807) is 0 Å². The lowest BCUT2D eigenvalue weighted by molar-refractivity contribution is 0.302. The number of para-hydroxylation sites is 2. The Morgan fingerprint density at radius 1 is 1.33 bits per heavy atom. The Labute approximate surface area is 126 Å². The summed E-state index contributed by atoms with van der Waals surface area (Å²) in [7, 11) is 0. The molecule has 1 aromatic heterocycles. The van der Waals surface area contributed by atoms with Crippen molar-refractivity contribution in [1.82, 2.24) is 14.5 Å². The van der Waals surface area contributed by atoms with Crippen LogP contribution in [-0.2, 0) is 13.1 Å². The Kier molecular flexibility index (Phi) is 4.27. The van der Waals surface area contributed by atoms with Gasteiger partial charge in [0, 0.05) is 13.1 Å². The van der Waals surface area contributed by atoms with Crippen molar-refractivity contribution >= 4 is 11.0 Å². The van der Waals surface area contributed by atoms with Gasteiger partial charge in [0.05, 0.1) is 17.6 Å². The van der Waals surface area contributed by atoms with Crippen molar-refractivity contribution in [2.24, 2.45) is 17.6 Å². The normalized spacial score (nSPS) is 19.9. The first-order valence-corrected chi connectivity index (χ1v) is 8.04. The molecule has 0 radical (unpaired) electrons. The first-order valence-electron chi connectivity index (χ1n) is 8.04. The van der Waals surface area contributed by atoms with Gasteiger partial charge < -0.3 is 10.3 Å². The minimum atomic E-state index is 0.622. The average Bonchev–Trinajstić information content (AvgIpc) is 3.05. The molecule has 2 aromatic rings. The Morgan fingerprint density at radius 2 is 2.14 bits per heavy atom. The van der Waals surface area contributed by atoms with E-state index in [0.717, 1.165) is 38.2 Å². The number of hydrogen-bond donors (Lipinski definition) is 1. The molecular weight excluding hydrogens is 260 g/mol. The molecule has 3 rings (SSSR count). The number of fused-ring (bicyclic) bond motifs is 1. The summed E-state index contributed by atoms with van der Waals surface area (Å²) in [5.41, 5.74) is 8.17. The van der Waals surface area contributed by atoms with E-state index < -0.39 is 0 Å². The largest absolute Gasteiger partial charge is 0.330 e. The van der Waals surface area contributed by atoms with Gasteiger partial charge in [-0.1, -0.05) is 26.0 Å². The second kappa shape index (κ2) is 6.16. The Morgan fingerprint density at radius 3 is 2.86 bits per heavy atom. The zero-order chi connectivity index (χ0) is 14.8. The van der Waals surface area contributed by atoms with Crippen LogP contribution in [0.3, 0.4) is 0 Å². The third-order valence-electron chi connectivity index (χ3n) is 4.35. The molecule has 2 N–H and O–H groups in total. The second-order valence-electron chi connectivity index (χ2n) is 6.65. The molecule has 1 fully saturated rings. The van der Waals surface area contributed by atoms with Crippen LogP contribution in [0.1, 0.15) is 26.1 Å². The molecule has 2 heterocycles. The maximum Gasteiger partial charge on any atom is 0.124 e. The van der Waals surface area contributed by atoms with Gasteiger partial charge in [-0.2, -0.15) is 0 Å². The molecule has 4 nitrogen and oxygen atoms in total. The molecule has 0 spiro atoms. The van der Waals surface area contributed by atoms with Gasteiger partial charge in [0.2, 0.25) is 0 Å². The van der Waals surface area contributed by atoms with E-state index in [2.05, 4.69) is 47.6 Å². The van der Waals surface area contributed by atoms with Crippen LogP contribution in [0.4, 0.5) is 0 Å². The van der Waals surface area contributed by atoms with Crippen molar-refractivity contribution in [3.05, 3.63) is 30.1 Å². The molecule has 0 amide bonds. The summed E-state index contributed by atoms with van der Waals surface area (Å²) >= 11 is 0. The van der Waals surface area contributed by atoms with Crippen molar-refractivity contribution in [3.63, 3.8) is 0 Å². The highest BCUT2D eigenvalue weighted by molar-refractivity contribution is 5.75. The number of hydrogen-bond acceptors (Lipinski definition) is 3. The lowest BCUT2D eigenvalue weighted by Crippen LogP contribution is -2.25. The minimum Gasteiger partial charge on any atom is -0.330 e. The van der Waals surface area contributed by atoms with E-state index in [0.29, 0.717) is 11.8 Å². The molecule has 0 aliphatic carbocycles. The summed E-state index contributed by atoms with van der Waals surface area (Å²) in [6.07, 6.45) is 1.22. The fourth-order valence-electron chi connectivity index (χ4n) is 3.26. The zero-order valence-corrected chi connectivity index (χ0v) is 13.1. The standard InChI is InChI=1S/C17H26N4/c1-13(2)10-21-16-6-4-3-5-15(16)19-17(21)12-20-8-7-14(9-18)11-20/h3-6,13-14H,7-12,18H2,1-2H3/t14-/m1/s1. The van der Waals surface area contributed by atoms with Gasteiger partial charge in [-0.15, -0.1) is 0 Å². The number of aromatic nitrogens is 2. The van der Waals surface area contributed by atoms with Crippen LogP contribution in [0, 0.1) is 11.8 Å². The summed E-state index contributed by atoms with van der Waals surface area (Å²) in [5, 5.41) is 0. The summed E-state index contributed by atoms with van der Waals surface area (Å²) in [4.78, 5) is 7.37. The monoisotopic (exact) mass is 286 g/mol. The molecule has 1 aromatic carbocycles. The maximum atomic E-state index is 5.80. The van der Waals surface area contributed by atoms with Crippen molar-refractivity contribution in [2.45, 2.75) is 33.4 Å². The summed E-state index contributed by atoms with van der Waals surface area (Å²) in [5.74, 6) is 2.48. The van der Waals surface area contributed by atoms with E-state index >= 15 is 0 Å². The summed E-state index contributed by atoms with van der Waals surface area (Å²) in [6.45, 7) is 9.56. The maximum absolute atomic E-state index is 5.80. The quantitative estimate of drug-likeness (QED) is 0.918. The van der Waals surface area contributed by atoms with Crippen LogP contribution in [0.15, 0.2) is 24.3 Å².